The standard InChI is InChI=1S/C18H19N3O5/c1-18(2,3)25-17(24)20-14-9-13(10-19-11-14)15(22)21-26-16(23)12-7-5-4-6-8-12/h4-11H,1-3H3,(H,20,24)(H,21,22). The van der Waals surface area contributed by atoms with Crippen LogP contribution in [0, 0.1) is 0 Å². The smallest absolute Gasteiger partial charge is 0.412 e. The molecule has 1 aromatic carbocycles. The van der Waals surface area contributed by atoms with Crippen LogP contribution in [0.1, 0.15) is 41.5 Å². The number of carbonyl (C=O) groups is 3. The van der Waals surface area contributed by atoms with E-state index < -0.39 is 23.6 Å². The summed E-state index contributed by atoms with van der Waals surface area (Å²) in [6.07, 6.45) is 1.95. The first-order chi connectivity index (χ1) is 12.2. The first-order valence-electron chi connectivity index (χ1n) is 7.76. The maximum Gasteiger partial charge on any atom is 0.412 e. The van der Waals surface area contributed by atoms with E-state index in [0.29, 0.717) is 5.56 Å². The van der Waals surface area contributed by atoms with E-state index in [2.05, 4.69) is 10.3 Å². The minimum absolute atomic E-state index is 0.0967. The molecule has 0 fully saturated rings. The topological polar surface area (TPSA) is 107 Å². The van der Waals surface area contributed by atoms with E-state index in [4.69, 9.17) is 9.57 Å². The predicted molar refractivity (Wildman–Crippen MR) is 93.4 cm³/mol. The van der Waals surface area contributed by atoms with Crippen LogP contribution in [0.5, 0.6) is 0 Å². The van der Waals surface area contributed by atoms with Crippen LogP contribution in [0.25, 0.3) is 0 Å². The molecule has 2 aromatic rings. The number of rotatable bonds is 3. The second-order valence-electron chi connectivity index (χ2n) is 6.28. The van der Waals surface area contributed by atoms with Crippen molar-refractivity contribution in [3.8, 4) is 0 Å². The van der Waals surface area contributed by atoms with E-state index >= 15 is 0 Å². The fourth-order valence-electron chi connectivity index (χ4n) is 1.84. The van der Waals surface area contributed by atoms with Gasteiger partial charge in [-0.05, 0) is 39.0 Å². The molecular formula is C18H19N3O5. The molecule has 0 atom stereocenters. The summed E-state index contributed by atoms with van der Waals surface area (Å²) in [5.74, 6) is -1.38. The van der Waals surface area contributed by atoms with Crippen LogP contribution in [0.3, 0.4) is 0 Å². The van der Waals surface area contributed by atoms with Crippen LogP contribution in [-0.4, -0.2) is 28.6 Å². The van der Waals surface area contributed by atoms with E-state index in [1.54, 1.807) is 51.1 Å². The van der Waals surface area contributed by atoms with Gasteiger partial charge in [-0.1, -0.05) is 18.2 Å². The molecule has 2 rings (SSSR count). The van der Waals surface area contributed by atoms with Gasteiger partial charge in [0.1, 0.15) is 5.60 Å². The molecule has 8 heteroatoms. The summed E-state index contributed by atoms with van der Waals surface area (Å²) in [4.78, 5) is 44.2. The molecule has 0 radical (unpaired) electrons. The van der Waals surface area contributed by atoms with Crippen LogP contribution >= 0.6 is 0 Å². The van der Waals surface area contributed by atoms with Crippen molar-refractivity contribution < 1.29 is 24.0 Å². The fraction of sp³-hybridized carbons (Fsp3) is 0.222. The van der Waals surface area contributed by atoms with Gasteiger partial charge >= 0.3 is 12.1 Å². The third-order valence-electron chi connectivity index (χ3n) is 2.89. The molecule has 1 heterocycles. The van der Waals surface area contributed by atoms with Crippen molar-refractivity contribution in [3.63, 3.8) is 0 Å². The molecule has 2 N–H and O–H groups in total. The molecule has 0 bridgehead atoms. The lowest BCUT2D eigenvalue weighted by atomic mass is 10.2. The van der Waals surface area contributed by atoms with Gasteiger partial charge in [0.15, 0.2) is 0 Å². The number of hydrogen-bond donors (Lipinski definition) is 2. The lowest BCUT2D eigenvalue weighted by Gasteiger charge is -2.19. The summed E-state index contributed by atoms with van der Waals surface area (Å²) in [5.41, 5.74) is 2.05. The molecule has 8 nitrogen and oxygen atoms in total. The summed E-state index contributed by atoms with van der Waals surface area (Å²) in [5, 5.41) is 2.47. The number of benzene rings is 1. The van der Waals surface area contributed by atoms with Crippen LogP contribution in [-0.2, 0) is 9.57 Å². The van der Waals surface area contributed by atoms with Gasteiger partial charge in [0, 0.05) is 6.20 Å². The zero-order valence-corrected chi connectivity index (χ0v) is 14.6. The lowest BCUT2D eigenvalue weighted by molar-refractivity contribution is 0.0230. The molecule has 0 saturated carbocycles. The molecule has 0 saturated heterocycles. The second-order valence-corrected chi connectivity index (χ2v) is 6.28. The Morgan fingerprint density at radius 1 is 1.00 bits per heavy atom. The van der Waals surface area contributed by atoms with Crippen LogP contribution < -0.4 is 10.8 Å². The zero-order valence-electron chi connectivity index (χ0n) is 14.6. The van der Waals surface area contributed by atoms with Crippen molar-refractivity contribution in [2.24, 2.45) is 0 Å². The molecule has 26 heavy (non-hydrogen) atoms. The molecule has 0 spiro atoms. The summed E-state index contributed by atoms with van der Waals surface area (Å²) in [6.45, 7) is 5.20. The van der Waals surface area contributed by atoms with Crippen molar-refractivity contribution in [1.29, 1.82) is 0 Å². The van der Waals surface area contributed by atoms with Gasteiger partial charge in [0.25, 0.3) is 5.91 Å². The molecule has 0 aliphatic carbocycles. The summed E-state index contributed by atoms with van der Waals surface area (Å²) >= 11 is 0. The highest BCUT2D eigenvalue weighted by atomic mass is 16.7. The average Bonchev–Trinajstić information content (AvgIpc) is 2.58. The normalized spacial score (nSPS) is 10.6. The number of ether oxygens (including phenoxy) is 1. The van der Waals surface area contributed by atoms with E-state index in [1.807, 2.05) is 5.48 Å². The number of amides is 2. The number of nitrogens with one attached hydrogen (secondary N) is 2. The third-order valence-corrected chi connectivity index (χ3v) is 2.89. The van der Waals surface area contributed by atoms with Crippen molar-refractivity contribution in [1.82, 2.24) is 10.5 Å². The van der Waals surface area contributed by atoms with Gasteiger partial charge in [0.2, 0.25) is 0 Å². The third kappa shape index (κ3) is 5.90. The Bertz CT molecular complexity index is 800. The Kier molecular flexibility index (Phi) is 5.90. The molecule has 0 aliphatic rings. The minimum Gasteiger partial charge on any atom is -0.444 e. The predicted octanol–water partition coefficient (Wildman–Crippen LogP) is 2.93. The minimum atomic E-state index is -0.699. The van der Waals surface area contributed by atoms with Gasteiger partial charge in [-0.15, -0.1) is 0 Å². The monoisotopic (exact) mass is 357 g/mol. The first kappa shape index (κ1) is 18.9. The summed E-state index contributed by atoms with van der Waals surface area (Å²) < 4.78 is 5.12. The number of hydroxylamine groups is 1. The first-order valence-corrected chi connectivity index (χ1v) is 7.76. The number of anilines is 1. The molecule has 136 valence electrons. The highest BCUT2D eigenvalue weighted by molar-refractivity contribution is 5.97. The van der Waals surface area contributed by atoms with Gasteiger partial charge < -0.3 is 9.57 Å². The van der Waals surface area contributed by atoms with E-state index in [9.17, 15) is 14.4 Å². The lowest BCUT2D eigenvalue weighted by Crippen LogP contribution is -2.28. The van der Waals surface area contributed by atoms with Gasteiger partial charge in [0.05, 0.1) is 23.0 Å². The number of hydrogen-bond acceptors (Lipinski definition) is 6. The number of nitrogens with zero attached hydrogens (tertiary/aromatic N) is 1. The van der Waals surface area contributed by atoms with Gasteiger partial charge in [-0.3, -0.25) is 15.1 Å². The average molecular weight is 357 g/mol. The maximum absolute atomic E-state index is 12.1. The number of pyridine rings is 1. The van der Waals surface area contributed by atoms with Crippen molar-refractivity contribution in [2.75, 3.05) is 5.32 Å². The highest BCUT2D eigenvalue weighted by Gasteiger charge is 2.17. The molecule has 1 aromatic heterocycles. The zero-order chi connectivity index (χ0) is 19.2. The van der Waals surface area contributed by atoms with E-state index in [0.717, 1.165) is 0 Å². The molecule has 0 aliphatic heterocycles. The summed E-state index contributed by atoms with van der Waals surface area (Å²) in [6, 6.07) is 9.60. The van der Waals surface area contributed by atoms with Gasteiger partial charge in [-0.25, -0.2) is 9.59 Å². The maximum atomic E-state index is 12.1. The van der Waals surface area contributed by atoms with Crippen LogP contribution in [0.15, 0.2) is 48.8 Å². The Labute approximate surface area is 150 Å². The summed E-state index contributed by atoms with van der Waals surface area (Å²) in [7, 11) is 0. The largest absolute Gasteiger partial charge is 0.444 e. The van der Waals surface area contributed by atoms with Crippen molar-refractivity contribution in [2.45, 2.75) is 26.4 Å². The number of aromatic nitrogens is 1. The fourth-order valence-corrected chi connectivity index (χ4v) is 1.84. The van der Waals surface area contributed by atoms with E-state index in [1.165, 1.54) is 18.5 Å². The van der Waals surface area contributed by atoms with Crippen molar-refractivity contribution in [3.05, 3.63) is 59.9 Å². The molecular weight excluding hydrogens is 338 g/mol. The highest BCUT2D eigenvalue weighted by Crippen LogP contribution is 2.12. The Morgan fingerprint density at radius 3 is 2.35 bits per heavy atom. The Hall–Kier alpha value is -3.42. The Balaban J connectivity index is 1.95. The molecule has 2 amide bonds. The van der Waals surface area contributed by atoms with E-state index in [-0.39, 0.29) is 11.3 Å². The SMILES string of the molecule is CC(C)(C)OC(=O)Nc1cncc(C(=O)NOC(=O)c2ccccc2)c1. The van der Waals surface area contributed by atoms with Crippen molar-refractivity contribution >= 4 is 23.7 Å². The van der Waals surface area contributed by atoms with Crippen LogP contribution in [0.4, 0.5) is 10.5 Å². The number of carbonyl (C=O) groups excluding carboxylic acids is 3. The molecule has 0 unspecified atom stereocenters. The van der Waals surface area contributed by atoms with Gasteiger partial charge in [-0.2, -0.15) is 5.48 Å². The second kappa shape index (κ2) is 8.11. The van der Waals surface area contributed by atoms with Crippen LogP contribution in [0.2, 0.25) is 0 Å². The quantitative estimate of drug-likeness (QED) is 0.818. The Morgan fingerprint density at radius 2 is 1.69 bits per heavy atom.